The summed E-state index contributed by atoms with van der Waals surface area (Å²) in [6.07, 6.45) is 1.80. The average molecular weight is 350 g/mol. The van der Waals surface area contributed by atoms with Crippen molar-refractivity contribution < 1.29 is 9.18 Å². The number of hydrogen-bond donors (Lipinski definition) is 2. The number of rotatable bonds is 5. The van der Waals surface area contributed by atoms with Gasteiger partial charge in [0.25, 0.3) is 0 Å². The zero-order valence-electron chi connectivity index (χ0n) is 12.4. The third kappa shape index (κ3) is 5.09. The van der Waals surface area contributed by atoms with E-state index in [1.165, 1.54) is 0 Å². The van der Waals surface area contributed by atoms with Gasteiger partial charge in [-0.1, -0.05) is 23.7 Å². The van der Waals surface area contributed by atoms with Crippen molar-refractivity contribution in [1.82, 2.24) is 10.2 Å². The van der Waals surface area contributed by atoms with E-state index in [9.17, 15) is 9.18 Å². The van der Waals surface area contributed by atoms with Crippen molar-refractivity contribution in [2.45, 2.75) is 19.4 Å². The lowest BCUT2D eigenvalue weighted by Gasteiger charge is -2.32. The first-order valence-electron chi connectivity index (χ1n) is 7.25. The second-order valence-corrected chi connectivity index (χ2v) is 5.77. The van der Waals surface area contributed by atoms with Gasteiger partial charge in [0, 0.05) is 31.7 Å². The van der Waals surface area contributed by atoms with Gasteiger partial charge < -0.3 is 11.1 Å². The van der Waals surface area contributed by atoms with E-state index in [0.717, 1.165) is 19.4 Å². The van der Waals surface area contributed by atoms with Gasteiger partial charge in [-0.05, 0) is 25.5 Å². The molecule has 4 nitrogen and oxygen atoms in total. The number of benzene rings is 1. The first kappa shape index (κ1) is 19.2. The molecule has 0 aromatic heterocycles. The molecule has 7 heteroatoms. The molecule has 124 valence electrons. The summed E-state index contributed by atoms with van der Waals surface area (Å²) in [6, 6.07) is 5.02. The van der Waals surface area contributed by atoms with Crippen molar-refractivity contribution in [2.75, 3.05) is 26.2 Å². The van der Waals surface area contributed by atoms with E-state index < -0.39 is 0 Å². The topological polar surface area (TPSA) is 58.4 Å². The summed E-state index contributed by atoms with van der Waals surface area (Å²) >= 11 is 5.80. The van der Waals surface area contributed by atoms with Crippen LogP contribution in [-0.2, 0) is 11.3 Å². The van der Waals surface area contributed by atoms with Crippen LogP contribution in [0.3, 0.4) is 0 Å². The van der Waals surface area contributed by atoms with Gasteiger partial charge in [0.15, 0.2) is 0 Å². The highest BCUT2D eigenvalue weighted by Crippen LogP contribution is 2.22. The van der Waals surface area contributed by atoms with Gasteiger partial charge in [-0.2, -0.15) is 0 Å². The number of likely N-dealkylation sites (tertiary alicyclic amines) is 1. The molecule has 1 saturated heterocycles. The molecule has 22 heavy (non-hydrogen) atoms. The van der Waals surface area contributed by atoms with Crippen LogP contribution < -0.4 is 11.1 Å². The number of amides is 1. The van der Waals surface area contributed by atoms with Gasteiger partial charge in [-0.15, -0.1) is 12.4 Å². The second kappa shape index (κ2) is 9.30. The minimum atomic E-state index is -0.367. The molecule has 1 aliphatic rings. The van der Waals surface area contributed by atoms with Crippen LogP contribution >= 0.6 is 24.0 Å². The van der Waals surface area contributed by atoms with E-state index >= 15 is 0 Å². The number of nitrogens with one attached hydrogen (secondary N) is 1. The minimum Gasteiger partial charge on any atom is -0.355 e. The van der Waals surface area contributed by atoms with E-state index in [0.29, 0.717) is 31.7 Å². The summed E-state index contributed by atoms with van der Waals surface area (Å²) in [5.74, 6) is -0.377. The second-order valence-electron chi connectivity index (χ2n) is 5.37. The predicted molar refractivity (Wildman–Crippen MR) is 88.7 cm³/mol. The van der Waals surface area contributed by atoms with Crippen molar-refractivity contribution in [3.8, 4) is 0 Å². The quantitative estimate of drug-likeness (QED) is 0.856. The maximum atomic E-state index is 13.9. The Balaban J connectivity index is 0.00000242. The lowest BCUT2D eigenvalue weighted by atomic mass is 9.96. The van der Waals surface area contributed by atoms with Gasteiger partial charge in [0.1, 0.15) is 5.82 Å². The van der Waals surface area contributed by atoms with Crippen molar-refractivity contribution in [3.63, 3.8) is 0 Å². The lowest BCUT2D eigenvalue weighted by molar-refractivity contribution is -0.126. The molecule has 0 spiro atoms. The summed E-state index contributed by atoms with van der Waals surface area (Å²) in [5.41, 5.74) is 5.96. The van der Waals surface area contributed by atoms with E-state index in [1.54, 1.807) is 18.2 Å². The van der Waals surface area contributed by atoms with Crippen LogP contribution in [0.2, 0.25) is 5.02 Å². The summed E-state index contributed by atoms with van der Waals surface area (Å²) < 4.78 is 13.9. The molecule has 0 aliphatic carbocycles. The van der Waals surface area contributed by atoms with Gasteiger partial charge >= 0.3 is 0 Å². The zero-order valence-corrected chi connectivity index (χ0v) is 13.9. The number of nitrogens with two attached hydrogens (primary N) is 1. The Labute approximate surface area is 141 Å². The number of hydrogen-bond acceptors (Lipinski definition) is 3. The van der Waals surface area contributed by atoms with Crippen molar-refractivity contribution in [1.29, 1.82) is 0 Å². The molecule has 2 rings (SSSR count). The number of nitrogens with zero attached hydrogens (tertiary/aromatic N) is 1. The zero-order chi connectivity index (χ0) is 15.2. The van der Waals surface area contributed by atoms with Crippen molar-refractivity contribution in [2.24, 2.45) is 11.7 Å². The molecule has 1 aromatic rings. The highest BCUT2D eigenvalue weighted by atomic mass is 35.5. The Morgan fingerprint density at radius 2 is 2.27 bits per heavy atom. The van der Waals surface area contributed by atoms with Gasteiger partial charge in [-0.3, -0.25) is 9.69 Å². The largest absolute Gasteiger partial charge is 0.355 e. The summed E-state index contributed by atoms with van der Waals surface area (Å²) in [5, 5.41) is 2.96. The van der Waals surface area contributed by atoms with Gasteiger partial charge in [0.05, 0.1) is 10.9 Å². The standard InChI is InChI=1S/C15H21ClFN3O.ClH/c16-13-5-1-3-11(14(13)17)9-20-8-2-4-12(10-20)15(21)19-7-6-18;/h1,3,5,12H,2,4,6-10,18H2,(H,19,21);1H. The molecular formula is C15H22Cl2FN3O. The number of halogens is 3. The van der Waals surface area contributed by atoms with Crippen molar-refractivity contribution >= 4 is 29.9 Å². The Morgan fingerprint density at radius 1 is 1.50 bits per heavy atom. The molecule has 1 fully saturated rings. The third-order valence-corrected chi connectivity index (χ3v) is 4.04. The van der Waals surface area contributed by atoms with E-state index in [1.807, 2.05) is 0 Å². The molecular weight excluding hydrogens is 328 g/mol. The molecule has 0 bridgehead atoms. The van der Waals surface area contributed by atoms with Crippen LogP contribution in [0.4, 0.5) is 4.39 Å². The fourth-order valence-corrected chi connectivity index (χ4v) is 2.86. The monoisotopic (exact) mass is 349 g/mol. The molecule has 0 saturated carbocycles. The summed E-state index contributed by atoms with van der Waals surface area (Å²) in [4.78, 5) is 14.1. The Morgan fingerprint density at radius 3 is 3.00 bits per heavy atom. The molecule has 1 heterocycles. The fourth-order valence-electron chi connectivity index (χ4n) is 2.66. The Hall–Kier alpha value is -0.880. The molecule has 1 aromatic carbocycles. The van der Waals surface area contributed by atoms with Crippen LogP contribution in [0.15, 0.2) is 18.2 Å². The van der Waals surface area contributed by atoms with Crippen LogP contribution in [0.25, 0.3) is 0 Å². The maximum absolute atomic E-state index is 13.9. The highest BCUT2D eigenvalue weighted by molar-refractivity contribution is 6.30. The maximum Gasteiger partial charge on any atom is 0.224 e. The van der Waals surface area contributed by atoms with Gasteiger partial charge in [0.2, 0.25) is 5.91 Å². The van der Waals surface area contributed by atoms with E-state index in [-0.39, 0.29) is 35.1 Å². The first-order chi connectivity index (χ1) is 10.1. The fraction of sp³-hybridized carbons (Fsp3) is 0.533. The number of carbonyl (C=O) groups excluding carboxylic acids is 1. The average Bonchev–Trinajstić information content (AvgIpc) is 2.50. The molecule has 1 atom stereocenters. The molecule has 1 amide bonds. The minimum absolute atomic E-state index is 0. The summed E-state index contributed by atoms with van der Waals surface area (Å²) in [6.45, 7) is 2.93. The predicted octanol–water partition coefficient (Wildman–Crippen LogP) is 2.19. The van der Waals surface area contributed by atoms with Crippen LogP contribution in [-0.4, -0.2) is 37.0 Å². The molecule has 1 unspecified atom stereocenters. The third-order valence-electron chi connectivity index (χ3n) is 3.75. The van der Waals surface area contributed by atoms with Crippen LogP contribution in [0.1, 0.15) is 18.4 Å². The highest BCUT2D eigenvalue weighted by Gasteiger charge is 2.26. The van der Waals surface area contributed by atoms with Crippen LogP contribution in [0.5, 0.6) is 0 Å². The number of piperidine rings is 1. The van der Waals surface area contributed by atoms with E-state index in [2.05, 4.69) is 10.2 Å². The molecule has 3 N–H and O–H groups in total. The molecule has 0 radical (unpaired) electrons. The molecule has 1 aliphatic heterocycles. The summed E-state index contributed by atoms with van der Waals surface area (Å²) in [7, 11) is 0. The Bertz CT molecular complexity index is 502. The number of carbonyl (C=O) groups is 1. The van der Waals surface area contributed by atoms with Gasteiger partial charge in [-0.25, -0.2) is 4.39 Å². The Kier molecular flexibility index (Phi) is 8.10. The lowest BCUT2D eigenvalue weighted by Crippen LogP contribution is -2.43. The SMILES string of the molecule is Cl.NCCNC(=O)C1CCCN(Cc2cccc(Cl)c2F)C1. The van der Waals surface area contributed by atoms with Crippen LogP contribution in [0, 0.1) is 11.7 Å². The first-order valence-corrected chi connectivity index (χ1v) is 7.62. The smallest absolute Gasteiger partial charge is 0.224 e. The van der Waals surface area contributed by atoms with Crippen molar-refractivity contribution in [3.05, 3.63) is 34.6 Å². The normalized spacial score (nSPS) is 18.6. The van der Waals surface area contributed by atoms with E-state index in [4.69, 9.17) is 17.3 Å².